The van der Waals surface area contributed by atoms with Crippen molar-refractivity contribution in [3.63, 3.8) is 0 Å². The molecule has 0 bridgehead atoms. The van der Waals surface area contributed by atoms with Crippen molar-refractivity contribution in [3.8, 4) is 0 Å². The Labute approximate surface area is 93.6 Å². The minimum atomic E-state index is -2.66. The van der Waals surface area contributed by atoms with Gasteiger partial charge < -0.3 is 4.74 Å². The SMILES string of the molecule is CCOC(=O)c1ccc(C(F)F)nc1Br. The second-order valence-corrected chi connectivity index (χ2v) is 3.35. The van der Waals surface area contributed by atoms with Crippen LogP contribution in [0.25, 0.3) is 0 Å². The summed E-state index contributed by atoms with van der Waals surface area (Å²) in [5, 5.41) is 0. The van der Waals surface area contributed by atoms with Gasteiger partial charge in [-0.25, -0.2) is 18.6 Å². The van der Waals surface area contributed by atoms with Gasteiger partial charge in [0.05, 0.1) is 12.2 Å². The molecule has 1 heterocycles. The lowest BCUT2D eigenvalue weighted by atomic mass is 10.2. The molecule has 0 spiro atoms. The van der Waals surface area contributed by atoms with Crippen LogP contribution in [-0.4, -0.2) is 17.6 Å². The molecule has 1 rings (SSSR count). The first kappa shape index (κ1) is 12.0. The molecule has 3 nitrogen and oxygen atoms in total. The lowest BCUT2D eigenvalue weighted by molar-refractivity contribution is 0.0524. The molecule has 0 saturated heterocycles. The maximum absolute atomic E-state index is 12.2. The highest BCUT2D eigenvalue weighted by atomic mass is 79.9. The smallest absolute Gasteiger partial charge is 0.340 e. The molecule has 6 heteroatoms. The molecule has 1 aromatic heterocycles. The second kappa shape index (κ2) is 5.16. The summed E-state index contributed by atoms with van der Waals surface area (Å²) in [6.45, 7) is 1.88. The molecule has 82 valence electrons. The van der Waals surface area contributed by atoms with E-state index in [1.807, 2.05) is 0 Å². The van der Waals surface area contributed by atoms with Crippen LogP contribution in [0.1, 0.15) is 29.4 Å². The van der Waals surface area contributed by atoms with Crippen LogP contribution in [0.5, 0.6) is 0 Å². The highest BCUT2D eigenvalue weighted by Gasteiger charge is 2.16. The van der Waals surface area contributed by atoms with Gasteiger partial charge in [0, 0.05) is 0 Å². The van der Waals surface area contributed by atoms with E-state index in [1.54, 1.807) is 6.92 Å². The van der Waals surface area contributed by atoms with Crippen molar-refractivity contribution >= 4 is 21.9 Å². The first-order valence-corrected chi connectivity index (χ1v) is 4.97. The van der Waals surface area contributed by atoms with Crippen molar-refractivity contribution in [2.45, 2.75) is 13.3 Å². The molecular weight excluding hydrogens is 272 g/mol. The van der Waals surface area contributed by atoms with E-state index in [9.17, 15) is 13.6 Å². The summed E-state index contributed by atoms with van der Waals surface area (Å²) < 4.78 is 29.2. The molecule has 0 N–H and O–H groups in total. The number of hydrogen-bond acceptors (Lipinski definition) is 3. The van der Waals surface area contributed by atoms with Gasteiger partial charge in [-0.1, -0.05) is 0 Å². The third-order valence-electron chi connectivity index (χ3n) is 1.59. The lowest BCUT2D eigenvalue weighted by Gasteiger charge is -2.05. The summed E-state index contributed by atoms with van der Waals surface area (Å²) in [4.78, 5) is 14.8. The number of halogens is 3. The van der Waals surface area contributed by atoms with Crippen LogP contribution in [0.3, 0.4) is 0 Å². The van der Waals surface area contributed by atoms with Gasteiger partial charge >= 0.3 is 5.97 Å². The van der Waals surface area contributed by atoms with E-state index in [2.05, 4.69) is 20.9 Å². The fourth-order valence-electron chi connectivity index (χ4n) is 0.931. The molecule has 0 fully saturated rings. The number of carbonyl (C=O) groups excluding carboxylic acids is 1. The Morgan fingerprint density at radius 2 is 2.27 bits per heavy atom. The molecule has 0 unspecified atom stereocenters. The molecule has 0 aliphatic rings. The summed E-state index contributed by atoms with van der Waals surface area (Å²) in [6.07, 6.45) is -2.66. The van der Waals surface area contributed by atoms with Gasteiger partial charge in [0.2, 0.25) is 0 Å². The normalized spacial score (nSPS) is 10.5. The Balaban J connectivity index is 2.98. The van der Waals surface area contributed by atoms with Crippen molar-refractivity contribution in [2.24, 2.45) is 0 Å². The third-order valence-corrected chi connectivity index (χ3v) is 2.19. The highest BCUT2D eigenvalue weighted by Crippen LogP contribution is 2.21. The standard InChI is InChI=1S/C9H8BrF2NO2/c1-2-15-9(14)5-3-4-6(8(11)12)13-7(5)10/h3-4,8H,2H2,1H3. The summed E-state index contributed by atoms with van der Waals surface area (Å²) in [7, 11) is 0. The highest BCUT2D eigenvalue weighted by molar-refractivity contribution is 9.10. The van der Waals surface area contributed by atoms with Crippen molar-refractivity contribution in [1.82, 2.24) is 4.98 Å². The van der Waals surface area contributed by atoms with E-state index in [4.69, 9.17) is 4.74 Å². The van der Waals surface area contributed by atoms with E-state index in [0.29, 0.717) is 0 Å². The molecule has 0 amide bonds. The minimum Gasteiger partial charge on any atom is -0.462 e. The number of aromatic nitrogens is 1. The van der Waals surface area contributed by atoms with Crippen molar-refractivity contribution in [2.75, 3.05) is 6.61 Å². The lowest BCUT2D eigenvalue weighted by Crippen LogP contribution is -2.07. The number of esters is 1. The predicted molar refractivity (Wildman–Crippen MR) is 52.9 cm³/mol. The van der Waals surface area contributed by atoms with Gasteiger partial charge in [-0.2, -0.15) is 0 Å². The van der Waals surface area contributed by atoms with Gasteiger partial charge in [0.25, 0.3) is 6.43 Å². The first-order chi connectivity index (χ1) is 7.06. The molecule has 0 aromatic carbocycles. The van der Waals surface area contributed by atoms with Crippen LogP contribution in [0.2, 0.25) is 0 Å². The van der Waals surface area contributed by atoms with Crippen LogP contribution >= 0.6 is 15.9 Å². The van der Waals surface area contributed by atoms with E-state index >= 15 is 0 Å². The summed E-state index contributed by atoms with van der Waals surface area (Å²) in [6, 6.07) is 2.36. The van der Waals surface area contributed by atoms with Gasteiger partial charge in [-0.15, -0.1) is 0 Å². The third kappa shape index (κ3) is 2.95. The zero-order chi connectivity index (χ0) is 11.4. The maximum Gasteiger partial charge on any atom is 0.340 e. The topological polar surface area (TPSA) is 39.2 Å². The van der Waals surface area contributed by atoms with Crippen LogP contribution in [-0.2, 0) is 4.74 Å². The number of carbonyl (C=O) groups is 1. The van der Waals surface area contributed by atoms with Gasteiger partial charge in [-0.05, 0) is 35.0 Å². The Morgan fingerprint density at radius 3 is 2.73 bits per heavy atom. The molecule has 0 aliphatic carbocycles. The average Bonchev–Trinajstić information content (AvgIpc) is 2.17. The second-order valence-electron chi connectivity index (χ2n) is 2.60. The zero-order valence-corrected chi connectivity index (χ0v) is 9.42. The summed E-state index contributed by atoms with van der Waals surface area (Å²) in [5.41, 5.74) is -0.240. The van der Waals surface area contributed by atoms with Crippen molar-refractivity contribution in [3.05, 3.63) is 28.0 Å². The van der Waals surface area contributed by atoms with Gasteiger partial charge in [0.1, 0.15) is 10.3 Å². The Hall–Kier alpha value is -1.04. The van der Waals surface area contributed by atoms with E-state index in [0.717, 1.165) is 6.07 Å². The molecule has 0 radical (unpaired) electrons. The molecular formula is C9H8BrF2NO2. The fraction of sp³-hybridized carbons (Fsp3) is 0.333. The zero-order valence-electron chi connectivity index (χ0n) is 7.84. The van der Waals surface area contributed by atoms with Crippen molar-refractivity contribution < 1.29 is 18.3 Å². The number of alkyl halides is 2. The van der Waals surface area contributed by atoms with E-state index in [-0.39, 0.29) is 22.5 Å². The minimum absolute atomic E-state index is 0.0683. The Morgan fingerprint density at radius 1 is 1.60 bits per heavy atom. The van der Waals surface area contributed by atoms with Crippen LogP contribution in [0.15, 0.2) is 16.7 Å². The monoisotopic (exact) mass is 279 g/mol. The van der Waals surface area contributed by atoms with Crippen molar-refractivity contribution in [1.29, 1.82) is 0 Å². The van der Waals surface area contributed by atoms with Crippen LogP contribution < -0.4 is 0 Å². The number of rotatable bonds is 3. The van der Waals surface area contributed by atoms with Crippen LogP contribution in [0.4, 0.5) is 8.78 Å². The molecule has 0 saturated carbocycles. The largest absolute Gasteiger partial charge is 0.462 e. The molecule has 0 atom stereocenters. The molecule has 15 heavy (non-hydrogen) atoms. The maximum atomic E-state index is 12.2. The summed E-state index contributed by atoms with van der Waals surface area (Å²) >= 11 is 2.94. The Bertz CT molecular complexity index is 371. The number of ether oxygens (including phenoxy) is 1. The summed E-state index contributed by atoms with van der Waals surface area (Å²) in [5.74, 6) is -0.585. The van der Waals surface area contributed by atoms with Gasteiger partial charge in [-0.3, -0.25) is 0 Å². The van der Waals surface area contributed by atoms with E-state index in [1.165, 1.54) is 6.07 Å². The predicted octanol–water partition coefficient (Wildman–Crippen LogP) is 2.96. The number of pyridine rings is 1. The Kier molecular flexibility index (Phi) is 4.14. The number of hydrogen-bond donors (Lipinski definition) is 0. The molecule has 0 aliphatic heterocycles. The first-order valence-electron chi connectivity index (χ1n) is 4.18. The quantitative estimate of drug-likeness (QED) is 0.631. The number of nitrogens with zero attached hydrogens (tertiary/aromatic N) is 1. The average molecular weight is 280 g/mol. The fourth-order valence-corrected chi connectivity index (χ4v) is 1.43. The van der Waals surface area contributed by atoms with Crippen LogP contribution in [0, 0.1) is 0 Å². The molecule has 1 aromatic rings. The van der Waals surface area contributed by atoms with E-state index < -0.39 is 12.4 Å². The van der Waals surface area contributed by atoms with Gasteiger partial charge in [0.15, 0.2) is 0 Å².